The molecule has 1 aromatic rings. The fraction of sp³-hybridized carbons (Fsp3) is 0.643. The second-order valence-corrected chi connectivity index (χ2v) is 8.79. The van der Waals surface area contributed by atoms with Crippen LogP contribution in [0.5, 0.6) is 0 Å². The van der Waals surface area contributed by atoms with E-state index in [1.54, 1.807) is 13.8 Å². The van der Waals surface area contributed by atoms with Gasteiger partial charge in [-0.3, -0.25) is 19.1 Å². The number of aliphatic hydroxyl groups is 2. The van der Waals surface area contributed by atoms with Crippen LogP contribution < -0.4 is 11.3 Å². The molecule has 0 aliphatic carbocycles. The average Bonchev–Trinajstić information content (AvgIpc) is 2.79. The molecular weight excluding hydrogens is 425 g/mol. The van der Waals surface area contributed by atoms with E-state index in [1.807, 2.05) is 0 Å². The number of alkyl halides is 1. The molecule has 0 aromatic carbocycles. The summed E-state index contributed by atoms with van der Waals surface area (Å²) in [4.78, 5) is 26.1. The standard InChI is InChI=1S/C14H22B3ClFN3O6S/c1-4(2)6(20)10(26)27-14(16,17)12(19)7(23)8(24)13(15,28-12)22-3-5(18)9(25)21-11(22)29/h3-4,6-8,23-24H,15-17,20H2,1-2H3,(H,21,25,29)/t6-,7-,8+,12-,13-/m0/s1. The molecule has 0 unspecified atom stereocenters. The van der Waals surface area contributed by atoms with Crippen LogP contribution in [0.2, 0.25) is 5.02 Å². The number of aliphatic hydroxyl groups excluding tert-OH is 2. The van der Waals surface area contributed by atoms with Gasteiger partial charge in [-0.1, -0.05) is 25.4 Å². The van der Waals surface area contributed by atoms with Gasteiger partial charge in [0.2, 0.25) is 0 Å². The third kappa shape index (κ3) is 3.93. The summed E-state index contributed by atoms with van der Waals surface area (Å²) in [5.74, 6) is -4.23. The number of carbonyl (C=O) groups is 1. The molecule has 1 fully saturated rings. The van der Waals surface area contributed by atoms with E-state index in [0.717, 1.165) is 10.8 Å². The number of nitrogens with two attached hydrogens (primary N) is 1. The Kier molecular flexibility index (Phi) is 6.50. The maximum absolute atomic E-state index is 15.9. The number of hydrogen-bond acceptors (Lipinski definition) is 8. The van der Waals surface area contributed by atoms with Crippen molar-refractivity contribution in [3.8, 4) is 0 Å². The van der Waals surface area contributed by atoms with Crippen LogP contribution in [0.4, 0.5) is 4.39 Å². The number of hydrogen-bond donors (Lipinski definition) is 4. The molecule has 158 valence electrons. The highest BCUT2D eigenvalue weighted by Crippen LogP contribution is 2.46. The van der Waals surface area contributed by atoms with Gasteiger partial charge in [0.05, 0.1) is 0 Å². The van der Waals surface area contributed by atoms with Crippen molar-refractivity contribution in [1.82, 2.24) is 9.55 Å². The van der Waals surface area contributed by atoms with Gasteiger partial charge in [-0.25, -0.2) is 4.39 Å². The van der Waals surface area contributed by atoms with Crippen LogP contribution in [-0.4, -0.2) is 78.8 Å². The number of rotatable bonds is 5. The molecular formula is C14H22B3ClFN3O6S. The first kappa shape index (κ1) is 24.1. The summed E-state index contributed by atoms with van der Waals surface area (Å²) >= 11 is 10.9. The largest absolute Gasteiger partial charge is 0.471 e. The van der Waals surface area contributed by atoms with E-state index in [9.17, 15) is 19.8 Å². The molecule has 0 radical (unpaired) electrons. The molecule has 5 N–H and O–H groups in total. The second-order valence-electron chi connectivity index (χ2n) is 8.00. The zero-order valence-electron chi connectivity index (χ0n) is 16.6. The zero-order valence-corrected chi connectivity index (χ0v) is 18.2. The number of aromatic nitrogens is 2. The Balaban J connectivity index is 2.48. The van der Waals surface area contributed by atoms with E-state index in [1.165, 1.54) is 23.5 Å². The number of carbonyl (C=O) groups excluding carboxylic acids is 1. The van der Waals surface area contributed by atoms with Crippen molar-refractivity contribution < 1.29 is 28.9 Å². The molecule has 2 heterocycles. The Morgan fingerprint density at radius 3 is 2.59 bits per heavy atom. The molecule has 1 aliphatic heterocycles. The van der Waals surface area contributed by atoms with Gasteiger partial charge in [0.15, 0.2) is 28.3 Å². The Morgan fingerprint density at radius 2 is 2.07 bits per heavy atom. The minimum absolute atomic E-state index is 0.228. The number of nitrogens with one attached hydrogen (secondary N) is 1. The normalized spacial score (nSPS) is 31.0. The molecule has 0 spiro atoms. The van der Waals surface area contributed by atoms with E-state index in [-0.39, 0.29) is 15.7 Å². The van der Waals surface area contributed by atoms with Gasteiger partial charge in [-0.05, 0) is 18.1 Å². The molecule has 29 heavy (non-hydrogen) atoms. The molecule has 2 rings (SSSR count). The highest BCUT2D eigenvalue weighted by Gasteiger charge is 2.68. The summed E-state index contributed by atoms with van der Waals surface area (Å²) in [6.07, 6.45) is -2.95. The number of H-pyrrole nitrogens is 1. The SMILES string of the molecule is BC(B)(OC(=O)[C@@H](N)C(C)C)[C@@]1(F)O[C@@](B)(n2cc(Cl)c(=O)[nH]c2=S)[C@H](O)[C@@H]1O. The first-order valence-corrected chi connectivity index (χ1v) is 9.62. The maximum Gasteiger partial charge on any atom is 0.322 e. The Hall–Kier alpha value is -1.18. The van der Waals surface area contributed by atoms with Crippen LogP contribution in [0.15, 0.2) is 11.0 Å². The number of ether oxygens (including phenoxy) is 2. The fourth-order valence-corrected chi connectivity index (χ4v) is 3.50. The van der Waals surface area contributed by atoms with Crippen molar-refractivity contribution in [2.75, 3.05) is 0 Å². The molecule has 5 atom stereocenters. The Bertz CT molecular complexity index is 933. The van der Waals surface area contributed by atoms with Crippen molar-refractivity contribution in [3.05, 3.63) is 26.3 Å². The quantitative estimate of drug-likeness (QED) is 0.209. The molecule has 15 heteroatoms. The predicted molar refractivity (Wildman–Crippen MR) is 113 cm³/mol. The Morgan fingerprint density at radius 1 is 1.52 bits per heavy atom. The topological polar surface area (TPSA) is 140 Å². The molecule has 1 aliphatic rings. The molecule has 1 saturated heterocycles. The van der Waals surface area contributed by atoms with E-state index in [4.69, 9.17) is 39.0 Å². The van der Waals surface area contributed by atoms with E-state index in [0.29, 0.717) is 0 Å². The van der Waals surface area contributed by atoms with Crippen molar-refractivity contribution in [2.24, 2.45) is 11.7 Å². The minimum atomic E-state index is -3.05. The van der Waals surface area contributed by atoms with Gasteiger partial charge in [0.1, 0.15) is 34.3 Å². The van der Waals surface area contributed by atoms with Crippen molar-refractivity contribution in [3.63, 3.8) is 0 Å². The summed E-state index contributed by atoms with van der Waals surface area (Å²) in [5, 5.41) is 18.8. The number of halogens is 2. The Labute approximate surface area is 178 Å². The maximum atomic E-state index is 15.9. The third-order valence-corrected chi connectivity index (χ3v) is 5.70. The van der Waals surface area contributed by atoms with Gasteiger partial charge in [-0.2, -0.15) is 0 Å². The van der Waals surface area contributed by atoms with E-state index < -0.39 is 46.7 Å². The molecule has 1 aromatic heterocycles. The van der Waals surface area contributed by atoms with Crippen molar-refractivity contribution >= 4 is 53.3 Å². The molecule has 9 nitrogen and oxygen atoms in total. The van der Waals surface area contributed by atoms with Gasteiger partial charge >= 0.3 is 5.97 Å². The summed E-state index contributed by atoms with van der Waals surface area (Å²) in [6.45, 7) is 3.38. The number of esters is 1. The predicted octanol–water partition coefficient (Wildman–Crippen LogP) is -3.33. The van der Waals surface area contributed by atoms with E-state index >= 15 is 4.39 Å². The van der Waals surface area contributed by atoms with Gasteiger partial charge < -0.3 is 25.4 Å². The van der Waals surface area contributed by atoms with Gasteiger partial charge in [0, 0.05) is 6.20 Å². The average molecular weight is 447 g/mol. The van der Waals surface area contributed by atoms with Crippen molar-refractivity contribution in [2.45, 2.75) is 49.0 Å². The monoisotopic (exact) mass is 447 g/mol. The fourth-order valence-electron chi connectivity index (χ4n) is 3.03. The number of aromatic amines is 1. The van der Waals surface area contributed by atoms with Crippen LogP contribution >= 0.6 is 23.8 Å². The van der Waals surface area contributed by atoms with Crippen LogP contribution in [0.25, 0.3) is 0 Å². The summed E-state index contributed by atoms with van der Waals surface area (Å²) in [7, 11) is 3.60. The minimum Gasteiger partial charge on any atom is -0.471 e. The lowest BCUT2D eigenvalue weighted by Crippen LogP contribution is -2.62. The molecule has 0 bridgehead atoms. The van der Waals surface area contributed by atoms with Gasteiger partial charge in [-0.15, -0.1) is 0 Å². The lowest BCUT2D eigenvalue weighted by Gasteiger charge is -2.40. The number of nitrogens with zero attached hydrogens (tertiary/aromatic N) is 1. The summed E-state index contributed by atoms with van der Waals surface area (Å²) in [6, 6.07) is -1.03. The lowest BCUT2D eigenvalue weighted by atomic mass is 9.59. The second kappa shape index (κ2) is 7.82. The summed E-state index contributed by atoms with van der Waals surface area (Å²) < 4.78 is 27.4. The van der Waals surface area contributed by atoms with Crippen molar-refractivity contribution in [1.29, 1.82) is 0 Å². The smallest absolute Gasteiger partial charge is 0.322 e. The summed E-state index contributed by atoms with van der Waals surface area (Å²) in [5.41, 5.74) is 3.08. The highest BCUT2D eigenvalue weighted by atomic mass is 35.5. The first-order valence-electron chi connectivity index (χ1n) is 8.84. The van der Waals surface area contributed by atoms with Gasteiger partial charge in [0.25, 0.3) is 11.4 Å². The first-order chi connectivity index (χ1) is 13.1. The van der Waals surface area contributed by atoms with Crippen LogP contribution in [0.3, 0.4) is 0 Å². The van der Waals surface area contributed by atoms with Crippen LogP contribution in [0, 0.1) is 10.7 Å². The molecule has 0 saturated carbocycles. The zero-order chi connectivity index (χ0) is 22.5. The van der Waals surface area contributed by atoms with Crippen LogP contribution in [-0.2, 0) is 19.9 Å². The highest BCUT2D eigenvalue weighted by molar-refractivity contribution is 7.71. The van der Waals surface area contributed by atoms with E-state index in [2.05, 4.69) is 4.98 Å². The van der Waals surface area contributed by atoms with Crippen LogP contribution in [0.1, 0.15) is 13.8 Å². The third-order valence-electron chi connectivity index (χ3n) is 5.13. The lowest BCUT2D eigenvalue weighted by molar-refractivity contribution is -0.250. The molecule has 0 amide bonds.